The lowest BCUT2D eigenvalue weighted by Gasteiger charge is -2.52. The third kappa shape index (κ3) is 2.99. The summed E-state index contributed by atoms with van der Waals surface area (Å²) >= 11 is 0. The summed E-state index contributed by atoms with van der Waals surface area (Å²) in [5, 5.41) is 3.46. The van der Waals surface area contributed by atoms with Crippen molar-refractivity contribution in [3.8, 4) is 0 Å². The maximum absolute atomic E-state index is 13.5. The number of anilines is 1. The number of hydrogen-bond donors (Lipinski definition) is 1. The Labute approximate surface area is 145 Å². The Hall–Kier alpha value is -1.76. The van der Waals surface area contributed by atoms with Gasteiger partial charge in [0.15, 0.2) is 5.69 Å². The largest absolute Gasteiger partial charge is 0.464 e. The van der Waals surface area contributed by atoms with E-state index in [1.807, 2.05) is 6.07 Å². The van der Waals surface area contributed by atoms with Crippen molar-refractivity contribution < 1.29 is 18.3 Å². The van der Waals surface area contributed by atoms with Crippen LogP contribution in [0, 0.1) is 5.41 Å². The number of esters is 1. The number of alkyl halides is 2. The number of ether oxygens (including phenoxy) is 1. The predicted molar refractivity (Wildman–Crippen MR) is 89.0 cm³/mol. The Morgan fingerprint density at radius 3 is 2.72 bits per heavy atom. The lowest BCUT2D eigenvalue weighted by atomic mass is 9.59. The molecule has 0 amide bonds. The van der Waals surface area contributed by atoms with Crippen molar-refractivity contribution in [3.63, 3.8) is 0 Å². The highest BCUT2D eigenvalue weighted by Gasteiger charge is 2.57. The molecule has 1 spiro atoms. The maximum atomic E-state index is 13.5. The van der Waals surface area contributed by atoms with Crippen molar-refractivity contribution in [3.05, 3.63) is 23.4 Å². The standard InChI is InChI=1S/C18H23F2N3O2/c1-25-16(24)13-4-3-12(15(22-13)23-7-2-8-23)14-9-17(5-6-21-14)10-18(19,20)11-17/h3-4,14,21H,2,5-11H2,1H3. The van der Waals surface area contributed by atoms with Crippen molar-refractivity contribution in [1.29, 1.82) is 0 Å². The fourth-order valence-corrected chi connectivity index (χ4v) is 4.44. The number of piperidine rings is 1. The molecule has 1 atom stereocenters. The lowest BCUT2D eigenvalue weighted by molar-refractivity contribution is -0.174. The quantitative estimate of drug-likeness (QED) is 0.849. The van der Waals surface area contributed by atoms with Crippen LogP contribution in [0.25, 0.3) is 0 Å². The molecule has 3 fully saturated rings. The predicted octanol–water partition coefficient (Wildman–Crippen LogP) is 2.92. The van der Waals surface area contributed by atoms with Gasteiger partial charge in [-0.3, -0.25) is 0 Å². The van der Waals surface area contributed by atoms with Gasteiger partial charge in [-0.1, -0.05) is 6.07 Å². The van der Waals surface area contributed by atoms with Crippen LogP contribution < -0.4 is 10.2 Å². The highest BCUT2D eigenvalue weighted by atomic mass is 19.3. The second-order valence-corrected chi connectivity index (χ2v) is 7.61. The third-order valence-corrected chi connectivity index (χ3v) is 5.78. The SMILES string of the molecule is COC(=O)c1ccc(C2CC3(CCN2)CC(F)(F)C3)c(N2CCC2)n1. The molecule has 136 valence electrons. The average molecular weight is 351 g/mol. The molecule has 2 aliphatic heterocycles. The van der Waals surface area contributed by atoms with Crippen LogP contribution in [0.2, 0.25) is 0 Å². The molecule has 0 bridgehead atoms. The Kier molecular flexibility index (Phi) is 3.94. The molecule has 3 heterocycles. The van der Waals surface area contributed by atoms with E-state index in [1.165, 1.54) is 7.11 Å². The summed E-state index contributed by atoms with van der Waals surface area (Å²) in [4.78, 5) is 18.5. The van der Waals surface area contributed by atoms with Crippen LogP contribution in [-0.4, -0.2) is 43.6 Å². The molecule has 0 radical (unpaired) electrons. The number of rotatable bonds is 3. The van der Waals surface area contributed by atoms with Crippen LogP contribution in [0.4, 0.5) is 14.6 Å². The molecule has 1 unspecified atom stereocenters. The van der Waals surface area contributed by atoms with Crippen LogP contribution in [-0.2, 0) is 4.74 Å². The first-order valence-corrected chi connectivity index (χ1v) is 8.87. The fourth-order valence-electron chi connectivity index (χ4n) is 4.44. The molecule has 1 N–H and O–H groups in total. The van der Waals surface area contributed by atoms with E-state index in [9.17, 15) is 13.6 Å². The fraction of sp³-hybridized carbons (Fsp3) is 0.667. The number of carbonyl (C=O) groups is 1. The van der Waals surface area contributed by atoms with Gasteiger partial charge in [-0.25, -0.2) is 18.6 Å². The summed E-state index contributed by atoms with van der Waals surface area (Å²) in [6, 6.07) is 3.57. The molecule has 4 rings (SSSR count). The van der Waals surface area contributed by atoms with E-state index in [2.05, 4.69) is 15.2 Å². The molecule has 7 heteroatoms. The van der Waals surface area contributed by atoms with Gasteiger partial charge in [-0.15, -0.1) is 0 Å². The summed E-state index contributed by atoms with van der Waals surface area (Å²) in [6.45, 7) is 2.54. The zero-order valence-electron chi connectivity index (χ0n) is 14.4. The van der Waals surface area contributed by atoms with Gasteiger partial charge in [-0.2, -0.15) is 0 Å². The summed E-state index contributed by atoms with van der Waals surface area (Å²) in [5.41, 5.74) is 1.03. The zero-order valence-corrected chi connectivity index (χ0v) is 14.4. The second-order valence-electron chi connectivity index (χ2n) is 7.61. The van der Waals surface area contributed by atoms with E-state index in [4.69, 9.17) is 4.74 Å². The smallest absolute Gasteiger partial charge is 0.356 e. The van der Waals surface area contributed by atoms with Crippen LogP contribution in [0.1, 0.15) is 54.2 Å². The van der Waals surface area contributed by atoms with E-state index in [-0.39, 0.29) is 30.0 Å². The Morgan fingerprint density at radius 1 is 1.36 bits per heavy atom. The molecule has 1 aliphatic carbocycles. The van der Waals surface area contributed by atoms with Crippen LogP contribution in [0.5, 0.6) is 0 Å². The number of nitrogens with one attached hydrogen (secondary N) is 1. The number of halogens is 2. The van der Waals surface area contributed by atoms with Gasteiger partial charge < -0.3 is 15.0 Å². The van der Waals surface area contributed by atoms with Gasteiger partial charge in [0, 0.05) is 37.5 Å². The Bertz CT molecular complexity index is 683. The summed E-state index contributed by atoms with van der Waals surface area (Å²) < 4.78 is 31.7. The van der Waals surface area contributed by atoms with E-state index < -0.39 is 11.9 Å². The van der Waals surface area contributed by atoms with E-state index in [0.717, 1.165) is 43.9 Å². The maximum Gasteiger partial charge on any atom is 0.356 e. The number of aromatic nitrogens is 1. The van der Waals surface area contributed by atoms with Gasteiger partial charge >= 0.3 is 5.97 Å². The minimum Gasteiger partial charge on any atom is -0.464 e. The number of methoxy groups -OCH3 is 1. The van der Waals surface area contributed by atoms with E-state index in [0.29, 0.717) is 6.42 Å². The summed E-state index contributed by atoms with van der Waals surface area (Å²) in [6.07, 6.45) is 2.57. The monoisotopic (exact) mass is 351 g/mol. The molecular formula is C18H23F2N3O2. The lowest BCUT2D eigenvalue weighted by Crippen LogP contribution is -2.52. The van der Waals surface area contributed by atoms with Gasteiger partial charge in [-0.05, 0) is 37.3 Å². The molecule has 1 saturated carbocycles. The van der Waals surface area contributed by atoms with Crippen LogP contribution >= 0.6 is 0 Å². The Balaban J connectivity index is 1.61. The topological polar surface area (TPSA) is 54.5 Å². The molecule has 1 aromatic rings. The minimum absolute atomic E-state index is 0.000327. The van der Waals surface area contributed by atoms with Crippen molar-refractivity contribution in [2.75, 3.05) is 31.6 Å². The summed E-state index contributed by atoms with van der Waals surface area (Å²) in [7, 11) is 1.34. The highest BCUT2D eigenvalue weighted by Crippen LogP contribution is 2.59. The van der Waals surface area contributed by atoms with E-state index in [1.54, 1.807) is 6.07 Å². The molecule has 3 aliphatic rings. The van der Waals surface area contributed by atoms with E-state index >= 15 is 0 Å². The molecule has 2 saturated heterocycles. The Morgan fingerprint density at radius 2 is 2.12 bits per heavy atom. The summed E-state index contributed by atoms with van der Waals surface area (Å²) in [5.74, 6) is -2.18. The first kappa shape index (κ1) is 16.7. The number of carbonyl (C=O) groups excluding carboxylic acids is 1. The molecular weight excluding hydrogens is 328 g/mol. The molecule has 5 nitrogen and oxygen atoms in total. The molecule has 0 aromatic carbocycles. The zero-order chi connectivity index (χ0) is 17.7. The molecule has 25 heavy (non-hydrogen) atoms. The van der Waals surface area contributed by atoms with Gasteiger partial charge in [0.2, 0.25) is 5.92 Å². The van der Waals surface area contributed by atoms with Crippen molar-refractivity contribution in [1.82, 2.24) is 10.3 Å². The number of hydrogen-bond acceptors (Lipinski definition) is 5. The van der Waals surface area contributed by atoms with Crippen LogP contribution in [0.3, 0.4) is 0 Å². The first-order valence-electron chi connectivity index (χ1n) is 8.87. The molecule has 1 aromatic heterocycles. The van der Waals surface area contributed by atoms with Crippen LogP contribution in [0.15, 0.2) is 12.1 Å². The number of pyridine rings is 1. The van der Waals surface area contributed by atoms with Gasteiger partial charge in [0.25, 0.3) is 0 Å². The first-order chi connectivity index (χ1) is 11.9. The average Bonchev–Trinajstić information content (AvgIpc) is 2.50. The third-order valence-electron chi connectivity index (χ3n) is 5.78. The normalized spacial score (nSPS) is 26.7. The highest BCUT2D eigenvalue weighted by molar-refractivity contribution is 5.87. The van der Waals surface area contributed by atoms with Crippen molar-refractivity contribution >= 4 is 11.8 Å². The van der Waals surface area contributed by atoms with Crippen molar-refractivity contribution in [2.24, 2.45) is 5.41 Å². The number of nitrogens with zero attached hydrogens (tertiary/aromatic N) is 2. The second kappa shape index (κ2) is 5.90. The van der Waals surface area contributed by atoms with Gasteiger partial charge in [0.05, 0.1) is 7.11 Å². The van der Waals surface area contributed by atoms with Crippen molar-refractivity contribution in [2.45, 2.75) is 44.1 Å². The van der Waals surface area contributed by atoms with Gasteiger partial charge in [0.1, 0.15) is 5.82 Å². The minimum atomic E-state index is -2.50.